The molecule has 0 aromatic heterocycles. The summed E-state index contributed by atoms with van der Waals surface area (Å²) in [5, 5.41) is 2.51. The number of aryl methyl sites for hydroxylation is 1. The molecule has 0 heterocycles. The number of benzene rings is 2. The zero-order chi connectivity index (χ0) is 17.0. The van der Waals surface area contributed by atoms with Crippen LogP contribution in [0.25, 0.3) is 0 Å². The van der Waals surface area contributed by atoms with Gasteiger partial charge in [-0.1, -0.05) is 17.7 Å². The van der Waals surface area contributed by atoms with E-state index in [-0.39, 0.29) is 16.3 Å². The van der Waals surface area contributed by atoms with Crippen LogP contribution in [0, 0.1) is 18.6 Å². The normalized spacial score (nSPS) is 10.3. The van der Waals surface area contributed by atoms with Crippen LogP contribution in [-0.2, 0) is 9.53 Å². The average molecular weight is 340 g/mol. The molecule has 7 heteroatoms. The smallest absolute Gasteiger partial charge is 0.341 e. The van der Waals surface area contributed by atoms with E-state index in [9.17, 15) is 18.4 Å². The van der Waals surface area contributed by atoms with Gasteiger partial charge in [0.25, 0.3) is 5.91 Å². The summed E-state index contributed by atoms with van der Waals surface area (Å²) in [6, 6.07) is 7.61. The molecule has 0 radical (unpaired) electrons. The molecule has 0 aliphatic heterocycles. The number of hydrogen-bond donors (Lipinski definition) is 1. The lowest BCUT2D eigenvalue weighted by Gasteiger charge is -2.08. The number of anilines is 1. The van der Waals surface area contributed by atoms with Gasteiger partial charge in [-0.15, -0.1) is 0 Å². The van der Waals surface area contributed by atoms with Gasteiger partial charge in [0.15, 0.2) is 6.61 Å². The Labute approximate surface area is 136 Å². The zero-order valence-corrected chi connectivity index (χ0v) is 12.8. The zero-order valence-electron chi connectivity index (χ0n) is 12.0. The lowest BCUT2D eigenvalue weighted by molar-refractivity contribution is -0.119. The van der Waals surface area contributed by atoms with E-state index in [0.29, 0.717) is 5.56 Å². The highest BCUT2D eigenvalue weighted by molar-refractivity contribution is 6.30. The van der Waals surface area contributed by atoms with Gasteiger partial charge in [-0.25, -0.2) is 13.6 Å². The summed E-state index contributed by atoms with van der Waals surface area (Å²) in [5.41, 5.74) is 0.336. The van der Waals surface area contributed by atoms with Gasteiger partial charge in [0.2, 0.25) is 0 Å². The van der Waals surface area contributed by atoms with Crippen LogP contribution >= 0.6 is 11.6 Å². The van der Waals surface area contributed by atoms with Crippen LogP contribution in [0.5, 0.6) is 0 Å². The Morgan fingerprint density at radius 2 is 1.87 bits per heavy atom. The Bertz CT molecular complexity index is 765. The van der Waals surface area contributed by atoms with Crippen molar-refractivity contribution in [3.8, 4) is 0 Å². The average Bonchev–Trinajstić information content (AvgIpc) is 2.48. The van der Waals surface area contributed by atoms with E-state index in [1.165, 1.54) is 18.2 Å². The third-order valence-corrected chi connectivity index (χ3v) is 3.18. The molecule has 120 valence electrons. The van der Waals surface area contributed by atoms with Crippen LogP contribution in [-0.4, -0.2) is 18.5 Å². The molecular formula is C16H12ClF2NO3. The second-order valence-corrected chi connectivity index (χ2v) is 5.15. The van der Waals surface area contributed by atoms with E-state index in [1.54, 1.807) is 6.92 Å². The molecular weight excluding hydrogens is 328 g/mol. The lowest BCUT2D eigenvalue weighted by atomic mass is 10.2. The van der Waals surface area contributed by atoms with Crippen LogP contribution in [0.1, 0.15) is 15.9 Å². The quantitative estimate of drug-likeness (QED) is 0.864. The molecule has 1 amide bonds. The van der Waals surface area contributed by atoms with Crippen molar-refractivity contribution in [1.82, 2.24) is 0 Å². The maximum Gasteiger partial charge on any atom is 0.341 e. The fraction of sp³-hybridized carbons (Fsp3) is 0.125. The standard InChI is InChI=1S/C16H12ClF2NO3/c1-9-2-4-11(7-13(9)18)20-15(21)8-23-16(22)12-5-3-10(17)6-14(12)19/h2-7H,8H2,1H3,(H,20,21). The number of carbonyl (C=O) groups excluding carboxylic acids is 2. The van der Waals surface area contributed by atoms with Crippen LogP contribution in [0.3, 0.4) is 0 Å². The Balaban J connectivity index is 1.93. The molecule has 0 saturated carbocycles. The number of amides is 1. The molecule has 1 N–H and O–H groups in total. The van der Waals surface area contributed by atoms with Crippen molar-refractivity contribution in [3.05, 3.63) is 64.2 Å². The molecule has 2 rings (SSSR count). The summed E-state index contributed by atoms with van der Waals surface area (Å²) in [7, 11) is 0. The van der Waals surface area contributed by atoms with Crippen LogP contribution in [0.4, 0.5) is 14.5 Å². The third kappa shape index (κ3) is 4.50. The van der Waals surface area contributed by atoms with Gasteiger partial charge in [0, 0.05) is 10.7 Å². The van der Waals surface area contributed by atoms with Crippen molar-refractivity contribution in [3.63, 3.8) is 0 Å². The maximum absolute atomic E-state index is 13.5. The molecule has 2 aromatic carbocycles. The van der Waals surface area contributed by atoms with Gasteiger partial charge in [-0.3, -0.25) is 4.79 Å². The highest BCUT2D eigenvalue weighted by atomic mass is 35.5. The molecule has 4 nitrogen and oxygen atoms in total. The first-order valence-corrected chi connectivity index (χ1v) is 6.93. The lowest BCUT2D eigenvalue weighted by Crippen LogP contribution is -2.21. The molecule has 23 heavy (non-hydrogen) atoms. The highest BCUT2D eigenvalue weighted by Gasteiger charge is 2.15. The van der Waals surface area contributed by atoms with E-state index in [4.69, 9.17) is 16.3 Å². The minimum absolute atomic E-state index is 0.137. The number of esters is 1. The minimum Gasteiger partial charge on any atom is -0.452 e. The minimum atomic E-state index is -0.996. The monoisotopic (exact) mass is 339 g/mol. The molecule has 0 bridgehead atoms. The largest absolute Gasteiger partial charge is 0.452 e. The number of hydrogen-bond acceptors (Lipinski definition) is 3. The number of nitrogens with one attached hydrogen (secondary N) is 1. The Morgan fingerprint density at radius 3 is 2.52 bits per heavy atom. The second-order valence-electron chi connectivity index (χ2n) is 4.71. The fourth-order valence-electron chi connectivity index (χ4n) is 1.73. The molecule has 2 aromatic rings. The Kier molecular flexibility index (Phi) is 5.28. The summed E-state index contributed by atoms with van der Waals surface area (Å²) in [4.78, 5) is 23.3. The fourth-order valence-corrected chi connectivity index (χ4v) is 1.89. The summed E-state index contributed by atoms with van der Waals surface area (Å²) < 4.78 is 31.6. The van der Waals surface area contributed by atoms with E-state index >= 15 is 0 Å². The SMILES string of the molecule is Cc1ccc(NC(=O)COC(=O)c2ccc(Cl)cc2F)cc1F. The van der Waals surface area contributed by atoms with Crippen LogP contribution in [0.15, 0.2) is 36.4 Å². The van der Waals surface area contributed by atoms with E-state index in [1.807, 2.05) is 0 Å². The first kappa shape index (κ1) is 16.9. The van der Waals surface area contributed by atoms with Crippen LogP contribution in [0.2, 0.25) is 5.02 Å². The van der Waals surface area contributed by atoms with Crippen molar-refractivity contribution in [2.45, 2.75) is 6.92 Å². The topological polar surface area (TPSA) is 55.4 Å². The molecule has 0 spiro atoms. The molecule has 0 fully saturated rings. The summed E-state index contributed by atoms with van der Waals surface area (Å²) in [6.45, 7) is 0.958. The van der Waals surface area contributed by atoms with Gasteiger partial charge >= 0.3 is 5.97 Å². The first-order chi connectivity index (χ1) is 10.9. The van der Waals surface area contributed by atoms with Crippen molar-refractivity contribution in [2.24, 2.45) is 0 Å². The van der Waals surface area contributed by atoms with Gasteiger partial charge in [0.1, 0.15) is 11.6 Å². The van der Waals surface area contributed by atoms with Crippen molar-refractivity contribution in [1.29, 1.82) is 0 Å². The Morgan fingerprint density at radius 1 is 1.13 bits per heavy atom. The summed E-state index contributed by atoms with van der Waals surface area (Å²) in [6.07, 6.45) is 0. The number of carbonyl (C=O) groups is 2. The summed E-state index contributed by atoms with van der Waals surface area (Å²) in [5.74, 6) is -2.98. The number of rotatable bonds is 4. The van der Waals surface area contributed by atoms with Crippen molar-refractivity contribution < 1.29 is 23.1 Å². The van der Waals surface area contributed by atoms with Gasteiger partial charge in [-0.2, -0.15) is 0 Å². The molecule has 0 saturated heterocycles. The van der Waals surface area contributed by atoms with Crippen LogP contribution < -0.4 is 5.32 Å². The van der Waals surface area contributed by atoms with Gasteiger partial charge < -0.3 is 10.1 Å². The molecule has 0 aliphatic carbocycles. The first-order valence-electron chi connectivity index (χ1n) is 6.55. The predicted octanol–water partition coefficient (Wildman–Crippen LogP) is 3.72. The third-order valence-electron chi connectivity index (χ3n) is 2.94. The predicted molar refractivity (Wildman–Crippen MR) is 81.5 cm³/mol. The van der Waals surface area contributed by atoms with Crippen molar-refractivity contribution in [2.75, 3.05) is 11.9 Å². The van der Waals surface area contributed by atoms with Crippen molar-refractivity contribution >= 4 is 29.2 Å². The molecule has 0 atom stereocenters. The van der Waals surface area contributed by atoms with Gasteiger partial charge in [-0.05, 0) is 42.8 Å². The second kappa shape index (κ2) is 7.19. The van der Waals surface area contributed by atoms with E-state index in [2.05, 4.69) is 5.32 Å². The maximum atomic E-state index is 13.5. The van der Waals surface area contributed by atoms with E-state index < -0.39 is 30.1 Å². The highest BCUT2D eigenvalue weighted by Crippen LogP contribution is 2.16. The molecule has 0 aliphatic rings. The Hall–Kier alpha value is -2.47. The molecule has 0 unspecified atom stereocenters. The summed E-state index contributed by atoms with van der Waals surface area (Å²) >= 11 is 5.58. The number of ether oxygens (including phenoxy) is 1. The number of halogens is 3. The van der Waals surface area contributed by atoms with E-state index in [0.717, 1.165) is 18.2 Å². The van der Waals surface area contributed by atoms with Gasteiger partial charge in [0.05, 0.1) is 5.56 Å².